The monoisotopic (exact) mass is 251 g/mol. The fourth-order valence-corrected chi connectivity index (χ4v) is 1.42. The smallest absolute Gasteiger partial charge is 0.0937 e. The van der Waals surface area contributed by atoms with Crippen LogP contribution in [0.5, 0.6) is 0 Å². The second-order valence-electron chi connectivity index (χ2n) is 3.09. The number of benzene rings is 1. The van der Waals surface area contributed by atoms with Gasteiger partial charge in [0.1, 0.15) is 0 Å². The molecule has 0 unspecified atom stereocenters. The molecular weight excluding hydrogens is 242 g/mol. The van der Waals surface area contributed by atoms with Crippen molar-refractivity contribution in [3.63, 3.8) is 0 Å². The van der Waals surface area contributed by atoms with Crippen molar-refractivity contribution in [2.45, 2.75) is 12.3 Å². The van der Waals surface area contributed by atoms with Gasteiger partial charge in [0.25, 0.3) is 0 Å². The summed E-state index contributed by atoms with van der Waals surface area (Å²) < 4.78 is 0. The maximum absolute atomic E-state index is 4.29. The quantitative estimate of drug-likeness (QED) is 0.768. The number of hydrogen-bond donors (Lipinski definition) is 0. The van der Waals surface area contributed by atoms with Crippen molar-refractivity contribution in [3.05, 3.63) is 41.7 Å². The predicted octanol–water partition coefficient (Wildman–Crippen LogP) is 2.47. The van der Waals surface area contributed by atoms with Crippen molar-refractivity contribution < 1.29 is 0 Å². The van der Waals surface area contributed by atoms with E-state index in [0.29, 0.717) is 0 Å². The molecule has 0 N–H and O–H groups in total. The number of halogens is 1. The molecule has 0 aliphatic heterocycles. The summed E-state index contributed by atoms with van der Waals surface area (Å²) in [4.78, 5) is 1.63. The standard InChI is InChI=1S/C10H10BrN3/c1-8-2-4-10(5-3-8)14-12-7-9(6-11)13-14/h2-5,7H,6H2,1H3. The average Bonchev–Trinajstić information content (AvgIpc) is 2.67. The lowest BCUT2D eigenvalue weighted by atomic mass is 10.2. The summed E-state index contributed by atoms with van der Waals surface area (Å²) in [6, 6.07) is 8.11. The molecule has 72 valence electrons. The molecule has 1 aromatic carbocycles. The Labute approximate surface area is 90.9 Å². The van der Waals surface area contributed by atoms with Gasteiger partial charge in [-0.25, -0.2) is 0 Å². The highest BCUT2D eigenvalue weighted by atomic mass is 79.9. The molecule has 3 nitrogen and oxygen atoms in total. The Bertz CT molecular complexity index is 419. The van der Waals surface area contributed by atoms with Crippen molar-refractivity contribution in [1.82, 2.24) is 15.0 Å². The van der Waals surface area contributed by atoms with E-state index in [2.05, 4.69) is 33.1 Å². The Morgan fingerprint density at radius 2 is 2.00 bits per heavy atom. The fraction of sp³-hybridized carbons (Fsp3) is 0.200. The summed E-state index contributed by atoms with van der Waals surface area (Å²) in [5.41, 5.74) is 3.16. The highest BCUT2D eigenvalue weighted by Gasteiger charge is 2.00. The molecule has 0 bridgehead atoms. The van der Waals surface area contributed by atoms with E-state index in [1.54, 1.807) is 11.0 Å². The Morgan fingerprint density at radius 3 is 2.57 bits per heavy atom. The number of aromatic nitrogens is 3. The summed E-state index contributed by atoms with van der Waals surface area (Å²) in [5, 5.41) is 9.18. The van der Waals surface area contributed by atoms with Gasteiger partial charge in [-0.05, 0) is 19.1 Å². The molecule has 0 atom stereocenters. The molecule has 1 aromatic heterocycles. The third-order valence-corrected chi connectivity index (χ3v) is 2.52. The lowest BCUT2D eigenvalue weighted by molar-refractivity contribution is 0.745. The van der Waals surface area contributed by atoms with Gasteiger partial charge in [-0.2, -0.15) is 15.0 Å². The Morgan fingerprint density at radius 1 is 1.29 bits per heavy atom. The predicted molar refractivity (Wildman–Crippen MR) is 58.7 cm³/mol. The van der Waals surface area contributed by atoms with Crippen LogP contribution in [-0.4, -0.2) is 15.0 Å². The molecule has 0 aliphatic rings. The van der Waals surface area contributed by atoms with Crippen molar-refractivity contribution >= 4 is 15.9 Å². The van der Waals surface area contributed by atoms with Crippen LogP contribution in [0.4, 0.5) is 0 Å². The largest absolute Gasteiger partial charge is 0.157 e. The van der Waals surface area contributed by atoms with E-state index in [1.807, 2.05) is 24.3 Å². The Kier molecular flexibility index (Phi) is 2.63. The maximum Gasteiger partial charge on any atom is 0.0937 e. The van der Waals surface area contributed by atoms with Crippen LogP contribution in [0.2, 0.25) is 0 Å². The first kappa shape index (κ1) is 9.40. The summed E-state index contributed by atoms with van der Waals surface area (Å²) in [5.74, 6) is 0. The molecule has 0 amide bonds. The van der Waals surface area contributed by atoms with E-state index < -0.39 is 0 Å². The highest BCUT2D eigenvalue weighted by Crippen LogP contribution is 2.08. The molecule has 4 heteroatoms. The Balaban J connectivity index is 2.34. The molecule has 1 heterocycles. The van der Waals surface area contributed by atoms with Crippen molar-refractivity contribution in [1.29, 1.82) is 0 Å². The van der Waals surface area contributed by atoms with Crippen LogP contribution >= 0.6 is 15.9 Å². The Hall–Kier alpha value is -1.16. The summed E-state index contributed by atoms with van der Waals surface area (Å²) >= 11 is 3.34. The molecular formula is C10H10BrN3. The zero-order valence-corrected chi connectivity index (χ0v) is 9.40. The van der Waals surface area contributed by atoms with Gasteiger partial charge in [0.05, 0.1) is 17.6 Å². The van der Waals surface area contributed by atoms with Gasteiger partial charge in [-0.15, -0.1) is 0 Å². The van der Waals surface area contributed by atoms with Gasteiger partial charge in [0, 0.05) is 5.33 Å². The van der Waals surface area contributed by atoms with E-state index in [4.69, 9.17) is 0 Å². The number of nitrogens with zero attached hydrogens (tertiary/aromatic N) is 3. The molecule has 0 fully saturated rings. The van der Waals surface area contributed by atoms with Crippen LogP contribution in [0.15, 0.2) is 30.5 Å². The fourth-order valence-electron chi connectivity index (χ4n) is 1.16. The molecule has 14 heavy (non-hydrogen) atoms. The van der Waals surface area contributed by atoms with Crippen LogP contribution in [0.25, 0.3) is 5.69 Å². The average molecular weight is 252 g/mol. The third kappa shape index (κ3) is 1.85. The summed E-state index contributed by atoms with van der Waals surface area (Å²) in [7, 11) is 0. The SMILES string of the molecule is Cc1ccc(-n2ncc(CBr)n2)cc1. The van der Waals surface area contributed by atoms with Crippen molar-refractivity contribution in [2.24, 2.45) is 0 Å². The van der Waals surface area contributed by atoms with Crippen LogP contribution in [0.1, 0.15) is 11.3 Å². The first-order chi connectivity index (χ1) is 6.79. The van der Waals surface area contributed by atoms with Crippen molar-refractivity contribution in [2.75, 3.05) is 0 Å². The van der Waals surface area contributed by atoms with Gasteiger partial charge >= 0.3 is 0 Å². The van der Waals surface area contributed by atoms with E-state index in [0.717, 1.165) is 16.7 Å². The molecule has 2 aromatic rings. The van der Waals surface area contributed by atoms with E-state index in [9.17, 15) is 0 Å². The molecule has 0 saturated carbocycles. The molecule has 0 saturated heterocycles. The maximum atomic E-state index is 4.29. The van der Waals surface area contributed by atoms with Gasteiger partial charge in [0.2, 0.25) is 0 Å². The van der Waals surface area contributed by atoms with Gasteiger partial charge in [0.15, 0.2) is 0 Å². The lowest BCUT2D eigenvalue weighted by Crippen LogP contribution is -1.98. The second kappa shape index (κ2) is 3.92. The minimum Gasteiger partial charge on any atom is -0.157 e. The normalized spacial score (nSPS) is 10.4. The zero-order valence-electron chi connectivity index (χ0n) is 7.81. The topological polar surface area (TPSA) is 30.7 Å². The van der Waals surface area contributed by atoms with Crippen LogP contribution in [-0.2, 0) is 5.33 Å². The second-order valence-corrected chi connectivity index (χ2v) is 3.66. The third-order valence-electron chi connectivity index (χ3n) is 1.94. The minimum atomic E-state index is 0.735. The zero-order chi connectivity index (χ0) is 9.97. The van der Waals surface area contributed by atoms with Gasteiger partial charge in [-0.3, -0.25) is 0 Å². The number of alkyl halides is 1. The van der Waals surface area contributed by atoms with Crippen LogP contribution in [0, 0.1) is 6.92 Å². The summed E-state index contributed by atoms with van der Waals surface area (Å²) in [6.45, 7) is 2.06. The number of hydrogen-bond acceptors (Lipinski definition) is 2. The van der Waals surface area contributed by atoms with Gasteiger partial charge < -0.3 is 0 Å². The van der Waals surface area contributed by atoms with Gasteiger partial charge in [-0.1, -0.05) is 33.6 Å². The summed E-state index contributed by atoms with van der Waals surface area (Å²) in [6.07, 6.45) is 1.76. The first-order valence-electron chi connectivity index (χ1n) is 4.34. The van der Waals surface area contributed by atoms with Crippen LogP contribution < -0.4 is 0 Å². The van der Waals surface area contributed by atoms with Crippen LogP contribution in [0.3, 0.4) is 0 Å². The highest BCUT2D eigenvalue weighted by molar-refractivity contribution is 9.08. The number of aryl methyl sites for hydroxylation is 1. The molecule has 2 rings (SSSR count). The molecule has 0 radical (unpaired) electrons. The molecule has 0 aliphatic carbocycles. The van der Waals surface area contributed by atoms with E-state index in [-0.39, 0.29) is 0 Å². The molecule has 0 spiro atoms. The lowest BCUT2D eigenvalue weighted by Gasteiger charge is -1.98. The van der Waals surface area contributed by atoms with E-state index in [1.165, 1.54) is 5.56 Å². The number of rotatable bonds is 2. The minimum absolute atomic E-state index is 0.735. The van der Waals surface area contributed by atoms with Crippen molar-refractivity contribution in [3.8, 4) is 5.69 Å². The first-order valence-corrected chi connectivity index (χ1v) is 5.46. The van der Waals surface area contributed by atoms with E-state index >= 15 is 0 Å².